The molecule has 1 amide bonds. The summed E-state index contributed by atoms with van der Waals surface area (Å²) in [6, 6.07) is 14.0. The average molecular weight is 368 g/mol. The normalized spacial score (nSPS) is 16.4. The van der Waals surface area contributed by atoms with Crippen molar-refractivity contribution in [2.24, 2.45) is 0 Å². The monoisotopic (exact) mass is 368 g/mol. The molecule has 0 bridgehead atoms. The van der Waals surface area contributed by atoms with Crippen LogP contribution in [0.5, 0.6) is 11.5 Å². The van der Waals surface area contributed by atoms with Gasteiger partial charge in [-0.2, -0.15) is 0 Å². The zero-order chi connectivity index (χ0) is 18.8. The van der Waals surface area contributed by atoms with Crippen LogP contribution < -0.4 is 19.3 Å². The van der Waals surface area contributed by atoms with Crippen molar-refractivity contribution < 1.29 is 19.2 Å². The standard InChI is InChI=1S/C21H25N3O3/c1-22(2)18-6-4-17(5-7-18)21(25)24-11-9-23(10-12-24)14-16-3-8-19-20(13-16)27-15-26-19/h3-8,13H,9-12,14-15H2,1-2H3/p+1. The molecule has 0 aliphatic carbocycles. The number of benzene rings is 2. The lowest BCUT2D eigenvalue weighted by atomic mass is 10.1. The van der Waals surface area contributed by atoms with Crippen LogP contribution in [0.3, 0.4) is 0 Å². The Hall–Kier alpha value is -2.73. The molecule has 4 rings (SSSR count). The predicted octanol–water partition coefficient (Wildman–Crippen LogP) is 1.02. The third-order valence-corrected chi connectivity index (χ3v) is 5.28. The number of amides is 1. The number of carbonyl (C=O) groups is 1. The van der Waals surface area contributed by atoms with Gasteiger partial charge in [0.25, 0.3) is 5.91 Å². The fraction of sp³-hybridized carbons (Fsp3) is 0.381. The first kappa shape index (κ1) is 17.7. The minimum absolute atomic E-state index is 0.127. The van der Waals surface area contributed by atoms with Crippen molar-refractivity contribution in [3.05, 3.63) is 53.6 Å². The molecule has 1 fully saturated rings. The van der Waals surface area contributed by atoms with Crippen LogP contribution in [0.15, 0.2) is 42.5 Å². The van der Waals surface area contributed by atoms with E-state index in [9.17, 15) is 4.79 Å². The molecule has 27 heavy (non-hydrogen) atoms. The maximum atomic E-state index is 12.7. The molecule has 0 aromatic heterocycles. The smallest absolute Gasteiger partial charge is 0.254 e. The Morgan fingerprint density at radius 2 is 1.74 bits per heavy atom. The molecule has 142 valence electrons. The highest BCUT2D eigenvalue weighted by Gasteiger charge is 2.25. The summed E-state index contributed by atoms with van der Waals surface area (Å²) < 4.78 is 10.8. The van der Waals surface area contributed by atoms with E-state index in [4.69, 9.17) is 9.47 Å². The Morgan fingerprint density at radius 3 is 2.44 bits per heavy atom. The first-order valence-corrected chi connectivity index (χ1v) is 9.39. The van der Waals surface area contributed by atoms with Crippen LogP contribution in [0.1, 0.15) is 15.9 Å². The van der Waals surface area contributed by atoms with Gasteiger partial charge in [0.15, 0.2) is 11.5 Å². The third-order valence-electron chi connectivity index (χ3n) is 5.28. The summed E-state index contributed by atoms with van der Waals surface area (Å²) in [4.78, 5) is 18.2. The molecule has 6 nitrogen and oxygen atoms in total. The number of ether oxygens (including phenoxy) is 2. The lowest BCUT2D eigenvalue weighted by Gasteiger charge is -2.32. The van der Waals surface area contributed by atoms with Crippen molar-refractivity contribution in [2.45, 2.75) is 6.54 Å². The van der Waals surface area contributed by atoms with Gasteiger partial charge in [0, 0.05) is 30.9 Å². The zero-order valence-corrected chi connectivity index (χ0v) is 15.9. The largest absolute Gasteiger partial charge is 0.454 e. The van der Waals surface area contributed by atoms with Crippen molar-refractivity contribution in [1.82, 2.24) is 4.90 Å². The molecule has 6 heteroatoms. The first-order valence-electron chi connectivity index (χ1n) is 9.39. The number of hydrogen-bond donors (Lipinski definition) is 1. The summed E-state index contributed by atoms with van der Waals surface area (Å²) in [6.07, 6.45) is 0. The van der Waals surface area contributed by atoms with Crippen LogP contribution >= 0.6 is 0 Å². The minimum atomic E-state index is 0.127. The molecular formula is C21H26N3O3+. The molecule has 2 aliphatic rings. The molecule has 0 atom stereocenters. The fourth-order valence-corrected chi connectivity index (χ4v) is 3.63. The van der Waals surface area contributed by atoms with Crippen molar-refractivity contribution in [3.63, 3.8) is 0 Å². The molecule has 0 spiro atoms. The fourth-order valence-electron chi connectivity index (χ4n) is 3.63. The Kier molecular flexibility index (Phi) is 4.90. The van der Waals surface area contributed by atoms with Gasteiger partial charge >= 0.3 is 0 Å². The van der Waals surface area contributed by atoms with E-state index in [1.165, 1.54) is 10.5 Å². The molecule has 2 aromatic carbocycles. The van der Waals surface area contributed by atoms with Gasteiger partial charge < -0.3 is 24.2 Å². The molecule has 2 aliphatic heterocycles. The summed E-state index contributed by atoms with van der Waals surface area (Å²) in [5.41, 5.74) is 3.11. The topological polar surface area (TPSA) is 46.5 Å². The highest BCUT2D eigenvalue weighted by atomic mass is 16.7. The van der Waals surface area contributed by atoms with Gasteiger partial charge in [0.05, 0.1) is 26.2 Å². The molecule has 0 radical (unpaired) electrons. The van der Waals surface area contributed by atoms with Crippen LogP contribution in [-0.2, 0) is 6.54 Å². The van der Waals surface area contributed by atoms with Gasteiger partial charge in [-0.1, -0.05) is 0 Å². The van der Waals surface area contributed by atoms with E-state index in [1.54, 1.807) is 0 Å². The second-order valence-electron chi connectivity index (χ2n) is 7.35. The summed E-state index contributed by atoms with van der Waals surface area (Å²) in [7, 11) is 4.00. The molecule has 1 N–H and O–H groups in total. The van der Waals surface area contributed by atoms with Crippen LogP contribution in [-0.4, -0.2) is 57.9 Å². The number of nitrogens with one attached hydrogen (secondary N) is 1. The maximum Gasteiger partial charge on any atom is 0.254 e. The lowest BCUT2D eigenvalue weighted by molar-refractivity contribution is -0.917. The summed E-state index contributed by atoms with van der Waals surface area (Å²) >= 11 is 0. The number of hydrogen-bond acceptors (Lipinski definition) is 4. The van der Waals surface area contributed by atoms with Gasteiger partial charge in [-0.3, -0.25) is 4.79 Å². The van der Waals surface area contributed by atoms with E-state index >= 15 is 0 Å². The van der Waals surface area contributed by atoms with Crippen molar-refractivity contribution in [2.75, 3.05) is 52.0 Å². The highest BCUT2D eigenvalue weighted by Crippen LogP contribution is 2.32. The van der Waals surface area contributed by atoms with Crippen molar-refractivity contribution in [3.8, 4) is 11.5 Å². The molecule has 2 heterocycles. The lowest BCUT2D eigenvalue weighted by Crippen LogP contribution is -3.13. The maximum absolute atomic E-state index is 12.7. The molecule has 0 unspecified atom stereocenters. The van der Waals surface area contributed by atoms with Crippen LogP contribution in [0.2, 0.25) is 0 Å². The molecule has 1 saturated heterocycles. The Bertz CT molecular complexity index is 812. The summed E-state index contributed by atoms with van der Waals surface area (Å²) in [5.74, 6) is 1.79. The number of nitrogens with zero attached hydrogens (tertiary/aromatic N) is 2. The SMILES string of the molecule is CN(C)c1ccc(C(=O)N2CC[NH+](Cc3ccc4c(c3)OCO4)CC2)cc1. The van der Waals surface area contributed by atoms with Crippen LogP contribution in [0, 0.1) is 0 Å². The van der Waals surface area contributed by atoms with Crippen molar-refractivity contribution >= 4 is 11.6 Å². The average Bonchev–Trinajstić information content (AvgIpc) is 3.16. The number of carbonyl (C=O) groups excluding carboxylic acids is 1. The highest BCUT2D eigenvalue weighted by molar-refractivity contribution is 5.94. The minimum Gasteiger partial charge on any atom is -0.454 e. The van der Waals surface area contributed by atoms with Gasteiger partial charge in [-0.15, -0.1) is 0 Å². The van der Waals surface area contributed by atoms with Gasteiger partial charge in [-0.25, -0.2) is 0 Å². The number of quaternary nitrogens is 1. The second kappa shape index (κ2) is 7.48. The van der Waals surface area contributed by atoms with Gasteiger partial charge in [-0.05, 0) is 42.5 Å². The van der Waals surface area contributed by atoms with Crippen molar-refractivity contribution in [1.29, 1.82) is 0 Å². The summed E-state index contributed by atoms with van der Waals surface area (Å²) in [6.45, 7) is 4.73. The van der Waals surface area contributed by atoms with E-state index in [0.717, 1.165) is 55.5 Å². The third kappa shape index (κ3) is 3.85. The van der Waals surface area contributed by atoms with Crippen LogP contribution in [0.25, 0.3) is 0 Å². The van der Waals surface area contributed by atoms with Crippen LogP contribution in [0.4, 0.5) is 5.69 Å². The van der Waals surface area contributed by atoms with E-state index in [-0.39, 0.29) is 5.91 Å². The number of fused-ring (bicyclic) bond motifs is 1. The molecule has 2 aromatic rings. The molecular weight excluding hydrogens is 342 g/mol. The quantitative estimate of drug-likeness (QED) is 0.876. The van der Waals surface area contributed by atoms with E-state index in [1.807, 2.05) is 54.2 Å². The molecule has 0 saturated carbocycles. The second-order valence-corrected chi connectivity index (χ2v) is 7.35. The Labute approximate surface area is 159 Å². The summed E-state index contributed by atoms with van der Waals surface area (Å²) in [5, 5.41) is 0. The van der Waals surface area contributed by atoms with Gasteiger partial charge in [0.1, 0.15) is 6.54 Å². The number of piperazine rings is 1. The Balaban J connectivity index is 1.32. The van der Waals surface area contributed by atoms with Gasteiger partial charge in [0.2, 0.25) is 6.79 Å². The number of anilines is 1. The first-order chi connectivity index (χ1) is 13.1. The van der Waals surface area contributed by atoms with E-state index in [2.05, 4.69) is 12.1 Å². The Morgan fingerprint density at radius 1 is 1.04 bits per heavy atom. The van der Waals surface area contributed by atoms with E-state index in [0.29, 0.717) is 6.79 Å². The zero-order valence-electron chi connectivity index (χ0n) is 15.9. The number of rotatable bonds is 4. The van der Waals surface area contributed by atoms with E-state index < -0.39 is 0 Å². The predicted molar refractivity (Wildman–Crippen MR) is 104 cm³/mol.